The maximum atomic E-state index is 12.2. The van der Waals surface area contributed by atoms with E-state index < -0.39 is 69.4 Å². The molecule has 2 unspecified atom stereocenters. The Balaban J connectivity index is 1.74. The van der Waals surface area contributed by atoms with Gasteiger partial charge in [-0.3, -0.25) is 17.5 Å². The van der Waals surface area contributed by atoms with E-state index in [-0.39, 0.29) is 48.8 Å². The third kappa shape index (κ3) is 13.3. The van der Waals surface area contributed by atoms with Gasteiger partial charge in [-0.1, -0.05) is 5.04 Å². The van der Waals surface area contributed by atoms with Gasteiger partial charge in [-0.05, 0) is 54.6 Å². The molecule has 7 N–H and O–H groups in total. The quantitative estimate of drug-likeness (QED) is 0.0220. The molecule has 0 amide bonds. The Bertz CT molecular complexity index is 1880. The Kier molecular flexibility index (Phi) is 15.0. The zero-order valence-corrected chi connectivity index (χ0v) is 27.8. The van der Waals surface area contributed by atoms with Gasteiger partial charge in [-0.2, -0.15) is 27.1 Å². The largest absolute Gasteiger partial charge is 0.397 e. The fourth-order valence-electron chi connectivity index (χ4n) is 3.08. The first-order valence-electron chi connectivity index (χ1n) is 12.4. The van der Waals surface area contributed by atoms with E-state index in [0.717, 1.165) is 0 Å². The van der Waals surface area contributed by atoms with E-state index in [1.165, 1.54) is 54.6 Å². The molecule has 3 aromatic rings. The van der Waals surface area contributed by atoms with Crippen molar-refractivity contribution in [2.45, 2.75) is 14.7 Å². The van der Waals surface area contributed by atoms with Gasteiger partial charge < -0.3 is 11.5 Å². The molecule has 48 heavy (non-hydrogen) atoms. The Morgan fingerprint density at radius 1 is 0.688 bits per heavy atom. The Morgan fingerprint density at radius 3 is 1.58 bits per heavy atom. The van der Waals surface area contributed by atoms with Crippen LogP contribution in [0.4, 0.5) is 34.1 Å². The lowest BCUT2D eigenvalue weighted by atomic mass is 10.2. The van der Waals surface area contributed by atoms with Gasteiger partial charge in [0, 0.05) is 0 Å². The lowest BCUT2D eigenvalue weighted by molar-refractivity contribution is -0.432. The zero-order chi connectivity index (χ0) is 35.3. The van der Waals surface area contributed by atoms with Crippen molar-refractivity contribution in [1.29, 1.82) is 0 Å². The van der Waals surface area contributed by atoms with Crippen molar-refractivity contribution in [2.24, 2.45) is 20.5 Å². The summed E-state index contributed by atoms with van der Waals surface area (Å²) >= 11 is -3.49. The molecule has 2 atom stereocenters. The molecule has 26 heteroatoms. The minimum absolute atomic E-state index is 0.0377. The van der Waals surface area contributed by atoms with E-state index >= 15 is 0 Å². The van der Waals surface area contributed by atoms with Gasteiger partial charge in [-0.15, -0.1) is 14.6 Å². The summed E-state index contributed by atoms with van der Waals surface area (Å²) in [5.74, 6) is 0. The predicted octanol–water partition coefficient (Wildman–Crippen LogP) is 3.83. The molecule has 0 aliphatic heterocycles. The first kappa shape index (κ1) is 39.1. The van der Waals surface area contributed by atoms with Gasteiger partial charge in [0.1, 0.15) is 11.4 Å². The highest BCUT2D eigenvalue weighted by Crippen LogP contribution is 2.45. The van der Waals surface area contributed by atoms with E-state index in [1.807, 2.05) is 0 Å². The van der Waals surface area contributed by atoms with E-state index in [4.69, 9.17) is 34.2 Å². The van der Waals surface area contributed by atoms with Crippen LogP contribution in [0.3, 0.4) is 0 Å². The summed E-state index contributed by atoms with van der Waals surface area (Å²) in [4.78, 5) is 0.537. The summed E-state index contributed by atoms with van der Waals surface area (Å²) in [6, 6.07) is 12.7. The van der Waals surface area contributed by atoms with Gasteiger partial charge in [-0.25, -0.2) is 22.0 Å². The third-order valence-electron chi connectivity index (χ3n) is 5.08. The standard InChI is InChI=1S/C22H24N6O15S5/c23-20-18(27-25-14-1-5-16(6-2-14)45(30)38-9-11-40-47(32,33)34)13-19(44-43-42-29)21(24)22(20)28-26-15-3-7-17(8-4-15)46(31)39-10-12-41-48(35,36)37/h1-8,13,29H,9-12,23-24H2,(H,32,33,34)(H,35,36,37). The van der Waals surface area contributed by atoms with Crippen molar-refractivity contribution in [3.63, 3.8) is 0 Å². The Hall–Kier alpha value is -3.35. The monoisotopic (exact) mass is 772 g/mol. The fraction of sp³-hybridized carbons (Fsp3) is 0.182. The number of nitrogens with two attached hydrogens (primary N) is 2. The molecule has 0 spiro atoms. The number of nitrogen functional groups attached to an aromatic ring is 2. The molecule has 0 heterocycles. The van der Waals surface area contributed by atoms with Gasteiger partial charge in [0.15, 0.2) is 22.2 Å². The van der Waals surface area contributed by atoms with Gasteiger partial charge in [0.05, 0.1) is 75.9 Å². The number of hydrogen-bond acceptors (Lipinski definition) is 20. The molecule has 0 saturated carbocycles. The third-order valence-corrected chi connectivity index (χ3v) is 8.73. The molecule has 3 aromatic carbocycles. The van der Waals surface area contributed by atoms with Crippen LogP contribution >= 0.6 is 12.0 Å². The topological polar surface area (TPSA) is 320 Å². The Morgan fingerprint density at radius 2 is 1.15 bits per heavy atom. The van der Waals surface area contributed by atoms with Crippen LogP contribution in [0.2, 0.25) is 0 Å². The van der Waals surface area contributed by atoms with Crippen LogP contribution in [-0.2, 0) is 69.1 Å². The maximum absolute atomic E-state index is 12.2. The number of azo groups is 2. The summed E-state index contributed by atoms with van der Waals surface area (Å²) in [6.45, 7) is -1.90. The van der Waals surface area contributed by atoms with Crippen LogP contribution in [0, 0.1) is 0 Å². The summed E-state index contributed by atoms with van der Waals surface area (Å²) in [6.07, 6.45) is 0. The second-order valence-corrected chi connectivity index (χ2v) is 13.6. The lowest BCUT2D eigenvalue weighted by Crippen LogP contribution is -2.11. The van der Waals surface area contributed by atoms with E-state index in [1.54, 1.807) is 0 Å². The molecule has 0 fully saturated rings. The van der Waals surface area contributed by atoms with Crippen LogP contribution in [-0.4, -0.2) is 66.0 Å². The van der Waals surface area contributed by atoms with Crippen LogP contribution in [0.5, 0.6) is 0 Å². The van der Waals surface area contributed by atoms with Crippen LogP contribution < -0.4 is 11.5 Å². The minimum atomic E-state index is -4.65. The molecule has 0 bridgehead atoms. The SMILES string of the molecule is Nc1c(N=Nc2ccc(S(=O)OCCOS(=O)(=O)O)cc2)cc(SOOO)c(N)c1N=Nc1ccc(S(=O)OCCOS(=O)(=O)O)cc1. The molecule has 0 radical (unpaired) electrons. The highest BCUT2D eigenvalue weighted by atomic mass is 32.3. The predicted molar refractivity (Wildman–Crippen MR) is 167 cm³/mol. The maximum Gasteiger partial charge on any atom is 0.397 e. The second kappa shape index (κ2) is 18.4. The molecular formula is C22H24N6O15S5. The molecule has 21 nitrogen and oxygen atoms in total. The molecule has 0 aliphatic carbocycles. The smallest absolute Gasteiger partial charge is 0.396 e. The first-order valence-corrected chi connectivity index (χ1v) is 18.0. The second-order valence-electron chi connectivity index (χ2n) is 8.30. The van der Waals surface area contributed by atoms with E-state index in [9.17, 15) is 25.3 Å². The summed E-state index contributed by atoms with van der Waals surface area (Å²) in [7, 11) is -9.31. The van der Waals surface area contributed by atoms with Crippen molar-refractivity contribution in [1.82, 2.24) is 0 Å². The average molecular weight is 773 g/mol. The molecule has 3 rings (SSSR count). The number of nitrogens with zero attached hydrogens (tertiary/aromatic N) is 4. The number of anilines is 2. The van der Waals surface area contributed by atoms with Gasteiger partial charge in [0.25, 0.3) is 0 Å². The van der Waals surface area contributed by atoms with Crippen molar-refractivity contribution in [3.8, 4) is 0 Å². The zero-order valence-electron chi connectivity index (χ0n) is 23.7. The van der Waals surface area contributed by atoms with Crippen molar-refractivity contribution >= 4 is 89.1 Å². The number of rotatable bonds is 19. The highest BCUT2D eigenvalue weighted by Gasteiger charge is 2.17. The highest BCUT2D eigenvalue weighted by molar-refractivity contribution is 7.94. The van der Waals surface area contributed by atoms with E-state index in [0.29, 0.717) is 12.0 Å². The van der Waals surface area contributed by atoms with Crippen molar-refractivity contribution in [3.05, 3.63) is 54.6 Å². The van der Waals surface area contributed by atoms with Crippen LogP contribution in [0.1, 0.15) is 0 Å². The average Bonchev–Trinajstić information content (AvgIpc) is 3.03. The van der Waals surface area contributed by atoms with Crippen LogP contribution in [0.25, 0.3) is 0 Å². The van der Waals surface area contributed by atoms with Crippen molar-refractivity contribution < 1.29 is 65.7 Å². The normalized spacial score (nSPS) is 13.7. The molecule has 0 aromatic heterocycles. The summed E-state index contributed by atoms with van der Waals surface area (Å²) in [5, 5.41) is 28.5. The van der Waals surface area contributed by atoms with Crippen LogP contribution in [0.15, 0.2) is 89.7 Å². The number of hydrogen-bond donors (Lipinski definition) is 5. The summed E-state index contributed by atoms with van der Waals surface area (Å²) < 4.78 is 106. The first-order chi connectivity index (χ1) is 22.7. The number of benzene rings is 3. The van der Waals surface area contributed by atoms with Gasteiger partial charge >= 0.3 is 20.8 Å². The minimum Gasteiger partial charge on any atom is -0.396 e. The van der Waals surface area contributed by atoms with Gasteiger partial charge in [0.2, 0.25) is 0 Å². The summed E-state index contributed by atoms with van der Waals surface area (Å²) in [5.41, 5.74) is 12.8. The molecule has 0 aliphatic rings. The Labute approximate surface area is 281 Å². The molecule has 0 saturated heterocycles. The molecular weight excluding hydrogens is 749 g/mol. The van der Waals surface area contributed by atoms with E-state index in [2.05, 4.69) is 38.2 Å². The van der Waals surface area contributed by atoms with Crippen molar-refractivity contribution in [2.75, 3.05) is 37.9 Å². The lowest BCUT2D eigenvalue weighted by Gasteiger charge is -2.10. The molecule has 262 valence electrons. The fourth-order valence-corrected chi connectivity index (χ4v) is 5.51.